The molecule has 3 heterocycles. The van der Waals surface area contributed by atoms with Crippen LogP contribution in [0.25, 0.3) is 9.40 Å². The van der Waals surface area contributed by atoms with Crippen LogP contribution in [0.15, 0.2) is 12.1 Å². The van der Waals surface area contributed by atoms with Gasteiger partial charge in [-0.15, -0.1) is 22.7 Å². The van der Waals surface area contributed by atoms with Gasteiger partial charge in [-0.05, 0) is 48.3 Å². The van der Waals surface area contributed by atoms with Crippen molar-refractivity contribution in [1.29, 1.82) is 0 Å². The molecule has 3 aromatic heterocycles. The Morgan fingerprint density at radius 3 is 2.71 bits per heavy atom. The van der Waals surface area contributed by atoms with Gasteiger partial charge in [0.2, 0.25) is 0 Å². The molecule has 0 aliphatic heterocycles. The highest BCUT2D eigenvalue weighted by Crippen LogP contribution is 2.52. The summed E-state index contributed by atoms with van der Waals surface area (Å²) in [7, 11) is 1.79. The van der Waals surface area contributed by atoms with Crippen molar-refractivity contribution >= 4 is 66.9 Å². The number of nitrogens with one attached hydrogen (secondary N) is 1. The van der Waals surface area contributed by atoms with Crippen LogP contribution in [-0.4, -0.2) is 22.5 Å². The van der Waals surface area contributed by atoms with Crippen LogP contribution in [0, 0.1) is 11.8 Å². The molecule has 8 heteroatoms. The lowest BCUT2D eigenvalue weighted by atomic mass is 10.1. The van der Waals surface area contributed by atoms with Gasteiger partial charge in [-0.2, -0.15) is 4.37 Å². The molecule has 4 nitrogen and oxygen atoms in total. The monoisotopic (exact) mass is 394 g/mol. The largest absolute Gasteiger partial charge is 0.481 e. The van der Waals surface area contributed by atoms with E-state index < -0.39 is 11.4 Å². The van der Waals surface area contributed by atoms with Crippen LogP contribution in [-0.2, 0) is 10.2 Å². The maximum atomic E-state index is 11.4. The van der Waals surface area contributed by atoms with Crippen molar-refractivity contribution in [2.75, 3.05) is 12.4 Å². The summed E-state index contributed by atoms with van der Waals surface area (Å²) < 4.78 is 7.02. The molecular weight excluding hydrogens is 384 g/mol. The molecule has 0 radical (unpaired) electrons. The van der Waals surface area contributed by atoms with E-state index in [0.29, 0.717) is 10.0 Å². The number of rotatable bonds is 3. The molecule has 1 aliphatic carbocycles. The van der Waals surface area contributed by atoms with Gasteiger partial charge in [0.15, 0.2) is 5.69 Å². The zero-order valence-corrected chi connectivity index (χ0v) is 15.7. The third-order valence-electron chi connectivity index (χ3n) is 4.04. The first-order chi connectivity index (χ1) is 11.5. The third-order valence-corrected chi connectivity index (χ3v) is 7.49. The van der Waals surface area contributed by atoms with Crippen molar-refractivity contribution in [3.05, 3.63) is 31.9 Å². The van der Waals surface area contributed by atoms with Gasteiger partial charge in [-0.3, -0.25) is 4.79 Å². The molecule has 1 saturated carbocycles. The molecule has 0 amide bonds. The first kappa shape index (κ1) is 15.9. The molecule has 0 aromatic carbocycles. The van der Waals surface area contributed by atoms with E-state index in [2.05, 4.69) is 21.5 Å². The number of carboxylic acids is 1. The smallest absolute Gasteiger partial charge is 0.314 e. The Morgan fingerprint density at radius 1 is 1.33 bits per heavy atom. The highest BCUT2D eigenvalue weighted by atomic mass is 35.5. The van der Waals surface area contributed by atoms with E-state index in [1.165, 1.54) is 11.5 Å². The number of aliphatic carboxylic acids is 1. The molecule has 24 heavy (non-hydrogen) atoms. The van der Waals surface area contributed by atoms with Crippen molar-refractivity contribution in [3.8, 4) is 11.8 Å². The van der Waals surface area contributed by atoms with E-state index in [9.17, 15) is 9.90 Å². The first-order valence-corrected chi connectivity index (χ1v) is 9.94. The molecule has 4 rings (SSSR count). The van der Waals surface area contributed by atoms with Crippen LogP contribution in [0.2, 0.25) is 4.34 Å². The summed E-state index contributed by atoms with van der Waals surface area (Å²) in [5, 5.41) is 12.4. The van der Waals surface area contributed by atoms with Crippen LogP contribution in [0.3, 0.4) is 0 Å². The highest BCUT2D eigenvalue weighted by Gasteiger charge is 2.53. The number of thiophene rings is 2. The molecule has 3 aromatic rings. The molecule has 0 bridgehead atoms. The molecular formula is C16H11ClN2O2S3. The van der Waals surface area contributed by atoms with Gasteiger partial charge in [0.1, 0.15) is 15.4 Å². The summed E-state index contributed by atoms with van der Waals surface area (Å²) in [6, 6.07) is 4.03. The van der Waals surface area contributed by atoms with E-state index >= 15 is 0 Å². The third kappa shape index (κ3) is 2.50. The molecule has 0 saturated heterocycles. The SMILES string of the molecule is CNc1c(C#Cc2cc3sc(C4(C(=O)O)CC4)cc3s2)nsc1Cl. The summed E-state index contributed by atoms with van der Waals surface area (Å²) in [6.07, 6.45) is 1.47. The number of hydrogen-bond acceptors (Lipinski definition) is 6. The Labute approximate surface area is 155 Å². The minimum atomic E-state index is -0.712. The lowest BCUT2D eigenvalue weighted by Gasteiger charge is -2.04. The first-order valence-electron chi connectivity index (χ1n) is 7.16. The number of carbonyl (C=O) groups is 1. The van der Waals surface area contributed by atoms with Gasteiger partial charge in [-0.25, -0.2) is 0 Å². The van der Waals surface area contributed by atoms with Gasteiger partial charge in [0.25, 0.3) is 0 Å². The van der Waals surface area contributed by atoms with Crippen molar-refractivity contribution in [2.24, 2.45) is 0 Å². The number of anilines is 1. The number of carboxylic acid groups (broad SMARTS) is 1. The van der Waals surface area contributed by atoms with Crippen LogP contribution in [0.1, 0.15) is 28.3 Å². The van der Waals surface area contributed by atoms with E-state index in [-0.39, 0.29) is 0 Å². The Bertz CT molecular complexity index is 986. The fourth-order valence-electron chi connectivity index (χ4n) is 2.52. The van der Waals surface area contributed by atoms with Crippen LogP contribution in [0.5, 0.6) is 0 Å². The number of fused-ring (bicyclic) bond motifs is 1. The zero-order chi connectivity index (χ0) is 16.9. The number of halogens is 1. The van der Waals surface area contributed by atoms with Crippen molar-refractivity contribution < 1.29 is 9.90 Å². The Morgan fingerprint density at radius 2 is 2.08 bits per heavy atom. The Hall–Kier alpha value is -1.59. The quantitative estimate of drug-likeness (QED) is 0.636. The second-order valence-electron chi connectivity index (χ2n) is 5.52. The molecule has 0 unspecified atom stereocenters. The standard InChI is InChI=1S/C16H11ClN2O2S3/c1-18-13-9(19-24-14(13)17)3-2-8-6-10-11(22-8)7-12(23-10)16(4-5-16)15(20)21/h6-7,18H,4-5H2,1H3,(H,20,21). The molecule has 122 valence electrons. The lowest BCUT2D eigenvalue weighted by Crippen LogP contribution is -2.17. The second kappa shape index (κ2) is 5.74. The number of aromatic nitrogens is 1. The van der Waals surface area contributed by atoms with Gasteiger partial charge >= 0.3 is 5.97 Å². The molecule has 1 aliphatic rings. The van der Waals surface area contributed by atoms with Crippen LogP contribution < -0.4 is 5.32 Å². The number of nitrogens with zero attached hydrogens (tertiary/aromatic N) is 1. The van der Waals surface area contributed by atoms with E-state index in [0.717, 1.165) is 37.7 Å². The fraction of sp³-hybridized carbons (Fsp3) is 0.250. The molecule has 2 N–H and O–H groups in total. The summed E-state index contributed by atoms with van der Waals surface area (Å²) in [5.41, 5.74) is 0.772. The van der Waals surface area contributed by atoms with Crippen molar-refractivity contribution in [1.82, 2.24) is 4.37 Å². The maximum Gasteiger partial charge on any atom is 0.314 e. The van der Waals surface area contributed by atoms with Crippen molar-refractivity contribution in [3.63, 3.8) is 0 Å². The summed E-state index contributed by atoms with van der Waals surface area (Å²) >= 11 is 10.4. The van der Waals surface area contributed by atoms with Crippen molar-refractivity contribution in [2.45, 2.75) is 18.3 Å². The van der Waals surface area contributed by atoms with E-state index in [1.54, 1.807) is 29.7 Å². The average Bonchev–Trinajstić information content (AvgIpc) is 2.96. The Balaban J connectivity index is 1.64. The highest BCUT2D eigenvalue weighted by molar-refractivity contribution is 7.28. The summed E-state index contributed by atoms with van der Waals surface area (Å²) in [4.78, 5) is 13.3. The van der Waals surface area contributed by atoms with Crippen LogP contribution >= 0.6 is 45.8 Å². The summed E-state index contributed by atoms with van der Waals surface area (Å²) in [6.45, 7) is 0. The lowest BCUT2D eigenvalue weighted by molar-refractivity contribution is -0.139. The zero-order valence-electron chi connectivity index (χ0n) is 12.5. The molecule has 1 fully saturated rings. The van der Waals surface area contributed by atoms with Gasteiger partial charge in [-0.1, -0.05) is 11.6 Å². The fourth-order valence-corrected chi connectivity index (χ4v) is 5.89. The van der Waals surface area contributed by atoms with Crippen LogP contribution in [0.4, 0.5) is 5.69 Å². The summed E-state index contributed by atoms with van der Waals surface area (Å²) in [5.74, 6) is 5.46. The average molecular weight is 395 g/mol. The Kier molecular flexibility index (Phi) is 3.81. The second-order valence-corrected chi connectivity index (χ2v) is 9.06. The molecule has 0 spiro atoms. The minimum Gasteiger partial charge on any atom is -0.481 e. The maximum absolute atomic E-state index is 11.4. The normalized spacial score (nSPS) is 15.1. The van der Waals surface area contributed by atoms with Gasteiger partial charge in [0, 0.05) is 21.3 Å². The topological polar surface area (TPSA) is 62.2 Å². The number of hydrogen-bond donors (Lipinski definition) is 2. The van der Waals surface area contributed by atoms with E-state index in [1.807, 2.05) is 12.1 Å². The molecule has 0 atom stereocenters. The minimum absolute atomic E-state index is 0.599. The van der Waals surface area contributed by atoms with Gasteiger partial charge in [0.05, 0.1) is 4.88 Å². The predicted octanol–water partition coefficient (Wildman–Crippen LogP) is 4.63. The van der Waals surface area contributed by atoms with E-state index in [4.69, 9.17) is 11.6 Å². The predicted molar refractivity (Wildman–Crippen MR) is 101 cm³/mol. The van der Waals surface area contributed by atoms with Gasteiger partial charge < -0.3 is 10.4 Å².